The third-order valence-corrected chi connectivity index (χ3v) is 4.27. The van der Waals surface area contributed by atoms with Crippen LogP contribution in [-0.2, 0) is 25.5 Å². The van der Waals surface area contributed by atoms with E-state index in [1.807, 2.05) is 24.3 Å². The van der Waals surface area contributed by atoms with Crippen LogP contribution in [-0.4, -0.2) is 30.0 Å². The molecule has 29 heavy (non-hydrogen) atoms. The smallest absolute Gasteiger partial charge is 0.636 e. The minimum atomic E-state index is -1.52. The summed E-state index contributed by atoms with van der Waals surface area (Å²) in [5.74, 6) is -0.700. The van der Waals surface area contributed by atoms with Crippen molar-refractivity contribution in [1.82, 2.24) is 5.32 Å². The number of alkyl carbamates (subject to hydrolysis) is 1. The van der Waals surface area contributed by atoms with Gasteiger partial charge in [-0.1, -0.05) is 35.0 Å². The maximum atomic E-state index is 12.4. The third kappa shape index (κ3) is 10.7. The Morgan fingerprint density at radius 3 is 2.17 bits per heavy atom. The topological polar surface area (TPSA) is 81.7 Å². The number of ether oxygens (including phenoxy) is 2. The van der Waals surface area contributed by atoms with Crippen LogP contribution in [0.15, 0.2) is 28.7 Å². The van der Waals surface area contributed by atoms with E-state index in [0.29, 0.717) is 12.5 Å². The van der Waals surface area contributed by atoms with E-state index < -0.39 is 29.1 Å². The Labute approximate surface area is 205 Å². The number of amides is 1. The fraction of sp³-hybridized carbons (Fsp3) is 0.524. The van der Waals surface area contributed by atoms with Crippen molar-refractivity contribution >= 4 is 34.3 Å². The van der Waals surface area contributed by atoms with Crippen LogP contribution in [0.3, 0.4) is 0 Å². The summed E-state index contributed by atoms with van der Waals surface area (Å²) in [6.07, 6.45) is 2.04. The molecule has 0 spiro atoms. The number of carbonyl (C=O) groups is 2. The van der Waals surface area contributed by atoms with Gasteiger partial charge in [0.1, 0.15) is 5.60 Å². The van der Waals surface area contributed by atoms with Gasteiger partial charge in [0.2, 0.25) is 0 Å². The number of nitrogens with one attached hydrogen (secondary N) is 1. The fourth-order valence-corrected chi connectivity index (χ4v) is 2.78. The monoisotopic (exact) mass is 691 g/mol. The Morgan fingerprint density at radius 1 is 1.17 bits per heavy atom. The van der Waals surface area contributed by atoms with Gasteiger partial charge in [0, 0.05) is 10.5 Å². The van der Waals surface area contributed by atoms with Crippen LogP contribution in [0.25, 0.3) is 0 Å². The Balaban J connectivity index is 0.00000784. The Morgan fingerprint density at radius 2 is 1.72 bits per heavy atom. The molecule has 0 aromatic heterocycles. The average Bonchev–Trinajstić information content (AvgIpc) is 2.54. The van der Waals surface area contributed by atoms with Gasteiger partial charge in [-0.05, 0) is 56.7 Å². The van der Waals surface area contributed by atoms with Crippen molar-refractivity contribution < 1.29 is 55.0 Å². The largest absolute Gasteiger partial charge is 2.00 e. The van der Waals surface area contributed by atoms with Crippen molar-refractivity contribution in [2.75, 3.05) is 0 Å². The maximum Gasteiger partial charge on any atom is 2.00 e. The number of halogens is 1. The molecule has 0 heterocycles. The van der Waals surface area contributed by atoms with E-state index in [1.54, 1.807) is 40.9 Å². The van der Waals surface area contributed by atoms with Gasteiger partial charge in [0.05, 0.1) is 0 Å². The number of carbonyl (C=O) groups excluding carboxylic acids is 3. The summed E-state index contributed by atoms with van der Waals surface area (Å²) in [6, 6.07) is 7.03. The first kappa shape index (κ1) is 28.2. The van der Waals surface area contributed by atoms with Crippen molar-refractivity contribution in [3.05, 3.63) is 40.4 Å². The molecule has 6 nitrogen and oxygen atoms in total. The molecule has 158 valence electrons. The van der Waals surface area contributed by atoms with Crippen LogP contribution in [0.4, 0.5) is 4.79 Å². The molecule has 0 fully saturated rings. The summed E-state index contributed by atoms with van der Waals surface area (Å²) in [5.41, 5.74) is -1.25. The first-order chi connectivity index (χ1) is 12.8. The van der Waals surface area contributed by atoms with Crippen molar-refractivity contribution in [2.24, 2.45) is 5.41 Å². The number of benzene rings is 1. The Hall–Kier alpha value is -0.838. The first-order valence-electron chi connectivity index (χ1n) is 9.00. The molecule has 1 N–H and O–H groups in total. The number of rotatable bonds is 8. The van der Waals surface area contributed by atoms with Crippen LogP contribution in [0.2, 0.25) is 0 Å². The van der Waals surface area contributed by atoms with E-state index in [1.165, 1.54) is 6.92 Å². The van der Waals surface area contributed by atoms with Gasteiger partial charge in [-0.15, -0.1) is 6.10 Å². The zero-order chi connectivity index (χ0) is 21.5. The second-order valence-corrected chi connectivity index (χ2v) is 9.03. The van der Waals surface area contributed by atoms with Crippen molar-refractivity contribution in [2.45, 2.75) is 66.0 Å². The van der Waals surface area contributed by atoms with E-state index in [4.69, 9.17) is 9.47 Å². The molecule has 1 rings (SSSR count). The molecule has 0 bridgehead atoms. The van der Waals surface area contributed by atoms with E-state index in [9.17, 15) is 14.4 Å². The van der Waals surface area contributed by atoms with Crippen molar-refractivity contribution in [3.63, 3.8) is 0 Å². The zero-order valence-electron chi connectivity index (χ0n) is 17.7. The van der Waals surface area contributed by atoms with E-state index in [-0.39, 0.29) is 37.5 Å². The molecule has 2 unspecified atom stereocenters. The average molecular weight is 692 g/mol. The van der Waals surface area contributed by atoms with Gasteiger partial charge in [-0.25, -0.2) is 11.1 Å². The fourth-order valence-electron chi connectivity index (χ4n) is 2.51. The predicted octanol–water partition coefficient (Wildman–Crippen LogP) is 4.51. The summed E-state index contributed by atoms with van der Waals surface area (Å²) in [5, 5.41) is 2.77. The van der Waals surface area contributed by atoms with Gasteiger partial charge in [-0.2, -0.15) is 13.8 Å². The Kier molecular flexibility index (Phi) is 11.8. The quantitative estimate of drug-likeness (QED) is 0.247. The van der Waals surface area contributed by atoms with Gasteiger partial charge in [0.25, 0.3) is 5.97 Å². The molecule has 0 aliphatic heterocycles. The second kappa shape index (κ2) is 12.1. The maximum absolute atomic E-state index is 12.4. The molecule has 1 aromatic rings. The van der Waals surface area contributed by atoms with Crippen LogP contribution in [0.5, 0.6) is 0 Å². The molecular weight excluding hydrogens is 664 g/mol. The molecule has 1 aromatic carbocycles. The zero-order valence-corrected chi connectivity index (χ0v) is 23.5. The van der Waals surface area contributed by atoms with Gasteiger partial charge in [0.15, 0.2) is 0 Å². The number of esters is 1. The predicted molar refractivity (Wildman–Crippen MR) is 110 cm³/mol. The van der Waals surface area contributed by atoms with Crippen LogP contribution < -0.4 is 5.32 Å². The molecule has 0 saturated carbocycles. The minimum Gasteiger partial charge on any atom is -0.636 e. The molecule has 8 heteroatoms. The van der Waals surface area contributed by atoms with E-state index >= 15 is 0 Å². The molecular formula is C21H28BrNO5U. The molecule has 1 amide bonds. The first-order valence-corrected chi connectivity index (χ1v) is 9.79. The number of hydrogen-bond acceptors (Lipinski definition) is 5. The molecule has 0 aliphatic carbocycles. The molecule has 0 radical (unpaired) electrons. The van der Waals surface area contributed by atoms with E-state index in [0.717, 1.165) is 10.0 Å². The standard InChI is InChI=1S/C21H28BrNO5.U/c1-14(2)27-18(25)21(6,13-24)12-17(23-19(26)28-20(3,4)5)11-15-7-9-16(22)10-8-15;/h7-10,17H,11-12H2,1-6H3,(H,23,26);/q-2;+2. The van der Waals surface area contributed by atoms with Crippen molar-refractivity contribution in [1.29, 1.82) is 0 Å². The molecule has 0 aliphatic rings. The summed E-state index contributed by atoms with van der Waals surface area (Å²) in [7, 11) is 0. The van der Waals surface area contributed by atoms with Crippen LogP contribution in [0.1, 0.15) is 53.5 Å². The van der Waals surface area contributed by atoms with E-state index in [2.05, 4.69) is 21.2 Å². The summed E-state index contributed by atoms with van der Waals surface area (Å²) < 4.78 is 11.4. The molecule has 0 saturated heterocycles. The van der Waals surface area contributed by atoms with Crippen LogP contribution >= 0.6 is 15.9 Å². The normalized spacial score (nSPS) is 14.2. The second-order valence-electron chi connectivity index (χ2n) is 8.11. The van der Waals surface area contributed by atoms with Crippen LogP contribution in [0, 0.1) is 42.6 Å². The van der Waals surface area contributed by atoms with Gasteiger partial charge < -0.3 is 19.6 Å². The Bertz CT molecular complexity index is 687. The summed E-state index contributed by atoms with van der Waals surface area (Å²) in [4.78, 5) is 36.3. The minimum absolute atomic E-state index is 0. The van der Waals surface area contributed by atoms with Crippen molar-refractivity contribution in [3.8, 4) is 0 Å². The SMILES string of the molecule is C[C-](C)OC(=O)C(C)([C-]=O)CC(Cc1ccc(Br)cc1)NC(=O)OC(C)(C)C.[U+2]. The van der Waals surface area contributed by atoms with Gasteiger partial charge in [-0.3, -0.25) is 4.79 Å². The third-order valence-electron chi connectivity index (χ3n) is 3.74. The summed E-state index contributed by atoms with van der Waals surface area (Å²) in [6.45, 7) is 9.99. The number of hydrogen-bond donors (Lipinski definition) is 1. The molecule has 2 atom stereocenters. The summed E-state index contributed by atoms with van der Waals surface area (Å²) >= 11 is 3.38. The van der Waals surface area contributed by atoms with Gasteiger partial charge >= 0.3 is 37.2 Å².